The molecule has 0 aromatic rings. The van der Waals surface area contributed by atoms with Crippen LogP contribution < -0.4 is 0 Å². The minimum absolute atomic E-state index is 1.89. The fourth-order valence-electron chi connectivity index (χ4n) is 0.932. The quantitative estimate of drug-likeness (QED) is 0.621. The topological polar surface area (TPSA) is 9.23 Å². The third-order valence-corrected chi connectivity index (χ3v) is 2.18. The zero-order chi connectivity index (χ0) is 17.5. The van der Waals surface area contributed by atoms with Crippen LogP contribution in [0.15, 0.2) is 0 Å². The van der Waals surface area contributed by atoms with Crippen molar-refractivity contribution in [3.63, 3.8) is 0 Å². The molecule has 0 radical (unpaired) electrons. The Bertz CT molecular complexity index is 362. The molecular weight excluding hydrogens is 347 g/mol. The molecule has 0 aromatic carbocycles. The van der Waals surface area contributed by atoms with Crippen molar-refractivity contribution in [2.24, 2.45) is 0 Å². The monoisotopic (exact) mass is 350 g/mol. The van der Waals surface area contributed by atoms with Crippen LogP contribution in [0.5, 0.6) is 0 Å². The summed E-state index contributed by atoms with van der Waals surface area (Å²) in [5.74, 6) is -36.0. The predicted molar refractivity (Wildman–Crippen MR) is 37.8 cm³/mol. The van der Waals surface area contributed by atoms with E-state index in [-0.39, 0.29) is 0 Å². The summed E-state index contributed by atoms with van der Waals surface area (Å²) in [6.07, 6.45) is -5.57. The molecule has 0 fully saturated rings. The van der Waals surface area contributed by atoms with Gasteiger partial charge in [0.1, 0.15) is 0 Å². The standard InChI is InChI=1S/C7H3F13O/c8-2(9)4(12,13)6(16,17)7(18,19)5(14,15)3(10,11)1-21-20/h2H,1H2. The van der Waals surface area contributed by atoms with Gasteiger partial charge in [0.2, 0.25) is 0 Å². The minimum Gasteiger partial charge on any atom is -0.203 e. The summed E-state index contributed by atoms with van der Waals surface area (Å²) in [5.41, 5.74) is 0. The lowest BCUT2D eigenvalue weighted by molar-refractivity contribution is -0.419. The van der Waals surface area contributed by atoms with Gasteiger partial charge in [-0.15, -0.1) is 0 Å². The van der Waals surface area contributed by atoms with Gasteiger partial charge in [0.15, 0.2) is 6.61 Å². The van der Waals surface area contributed by atoms with E-state index < -0.39 is 42.6 Å². The second-order valence-corrected chi connectivity index (χ2v) is 3.60. The molecule has 0 rings (SSSR count). The van der Waals surface area contributed by atoms with Crippen LogP contribution in [0.25, 0.3) is 0 Å². The van der Waals surface area contributed by atoms with Crippen molar-refractivity contribution in [3.8, 4) is 0 Å². The SMILES string of the molecule is FOCC(F)(F)C(F)(F)C(F)(F)C(F)(F)C(F)(F)C(F)F. The van der Waals surface area contributed by atoms with Gasteiger partial charge in [0.05, 0.1) is 0 Å². The van der Waals surface area contributed by atoms with Crippen LogP contribution in [-0.4, -0.2) is 42.6 Å². The van der Waals surface area contributed by atoms with E-state index in [0.29, 0.717) is 0 Å². The van der Waals surface area contributed by atoms with E-state index in [2.05, 4.69) is 0 Å². The molecule has 0 heterocycles. The van der Waals surface area contributed by atoms with Crippen molar-refractivity contribution in [1.29, 1.82) is 0 Å². The predicted octanol–water partition coefficient (Wildman–Crippen LogP) is 4.33. The van der Waals surface area contributed by atoms with Crippen molar-refractivity contribution in [1.82, 2.24) is 0 Å². The number of rotatable bonds is 7. The second kappa shape index (κ2) is 5.35. The normalized spacial score (nSPS) is 15.7. The molecule has 128 valence electrons. The van der Waals surface area contributed by atoms with E-state index in [0.717, 1.165) is 0 Å². The second-order valence-electron chi connectivity index (χ2n) is 3.60. The summed E-state index contributed by atoms with van der Waals surface area (Å²) in [7, 11) is 0. The maximum atomic E-state index is 12.7. The van der Waals surface area contributed by atoms with Crippen LogP contribution in [0.1, 0.15) is 0 Å². The van der Waals surface area contributed by atoms with E-state index in [1.807, 2.05) is 4.94 Å². The summed E-state index contributed by atoms with van der Waals surface area (Å²) in [6.45, 7) is -3.20. The van der Waals surface area contributed by atoms with Crippen LogP contribution in [0.3, 0.4) is 0 Å². The van der Waals surface area contributed by atoms with Gasteiger partial charge in [-0.1, -0.05) is 0 Å². The molecule has 0 amide bonds. The molecule has 0 aromatic heterocycles. The zero-order valence-electron chi connectivity index (χ0n) is 9.11. The van der Waals surface area contributed by atoms with Crippen LogP contribution in [0.2, 0.25) is 0 Å². The van der Waals surface area contributed by atoms with E-state index in [4.69, 9.17) is 0 Å². The molecule has 14 heteroatoms. The number of halogens is 13. The Morgan fingerprint density at radius 1 is 0.667 bits per heavy atom. The molecule has 0 atom stereocenters. The van der Waals surface area contributed by atoms with Gasteiger partial charge in [-0.25, -0.2) is 8.78 Å². The maximum Gasteiger partial charge on any atom is 0.384 e. The molecular formula is C7H3F13O. The van der Waals surface area contributed by atoms with Gasteiger partial charge < -0.3 is 0 Å². The third kappa shape index (κ3) is 2.73. The summed E-state index contributed by atoms with van der Waals surface area (Å²) in [5, 5.41) is 0. The van der Waals surface area contributed by atoms with Crippen LogP contribution in [-0.2, 0) is 4.94 Å². The lowest BCUT2D eigenvalue weighted by Crippen LogP contribution is -2.69. The highest BCUT2D eigenvalue weighted by Gasteiger charge is 2.87. The van der Waals surface area contributed by atoms with Gasteiger partial charge in [0.25, 0.3) is 0 Å². The summed E-state index contributed by atoms with van der Waals surface area (Å²) in [4.78, 5) is 1.89. The summed E-state index contributed by atoms with van der Waals surface area (Å²) < 4.78 is 159. The molecule has 0 aliphatic heterocycles. The lowest BCUT2D eigenvalue weighted by Gasteiger charge is -2.38. The zero-order valence-corrected chi connectivity index (χ0v) is 9.11. The van der Waals surface area contributed by atoms with Gasteiger partial charge >= 0.3 is 36.0 Å². The van der Waals surface area contributed by atoms with Crippen molar-refractivity contribution in [3.05, 3.63) is 0 Å². The highest BCUT2D eigenvalue weighted by molar-refractivity contribution is 5.08. The van der Waals surface area contributed by atoms with Crippen molar-refractivity contribution < 1.29 is 62.2 Å². The number of hydrogen-bond donors (Lipinski definition) is 0. The molecule has 0 aliphatic carbocycles. The molecule has 0 spiro atoms. The fourth-order valence-corrected chi connectivity index (χ4v) is 0.932. The molecule has 0 unspecified atom stereocenters. The largest absolute Gasteiger partial charge is 0.384 e. The van der Waals surface area contributed by atoms with E-state index >= 15 is 0 Å². The Morgan fingerprint density at radius 2 is 1.05 bits per heavy atom. The first-order valence-corrected chi connectivity index (χ1v) is 4.41. The lowest BCUT2D eigenvalue weighted by atomic mass is 9.95. The molecule has 0 bridgehead atoms. The number of alkyl halides is 12. The first kappa shape index (κ1) is 20.1. The molecule has 1 nitrogen and oxygen atoms in total. The Kier molecular flexibility index (Phi) is 5.11. The average molecular weight is 350 g/mol. The molecule has 0 aliphatic rings. The highest BCUT2D eigenvalue weighted by Crippen LogP contribution is 2.58. The summed E-state index contributed by atoms with van der Waals surface area (Å²) >= 11 is 0. The Hall–Kier alpha value is -0.950. The fraction of sp³-hybridized carbons (Fsp3) is 1.00. The van der Waals surface area contributed by atoms with Gasteiger partial charge in [-0.2, -0.15) is 48.8 Å². The van der Waals surface area contributed by atoms with Gasteiger partial charge in [-0.05, 0) is 4.53 Å². The highest BCUT2D eigenvalue weighted by atomic mass is 19.4. The Balaban J connectivity index is 5.96. The molecule has 0 saturated carbocycles. The average Bonchev–Trinajstić information content (AvgIpc) is 2.27. The third-order valence-electron chi connectivity index (χ3n) is 2.18. The Morgan fingerprint density at radius 3 is 1.33 bits per heavy atom. The Labute approximate surface area is 106 Å². The van der Waals surface area contributed by atoms with Gasteiger partial charge in [0, 0.05) is 0 Å². The molecule has 0 saturated heterocycles. The van der Waals surface area contributed by atoms with Crippen molar-refractivity contribution in [2.75, 3.05) is 6.61 Å². The van der Waals surface area contributed by atoms with Crippen LogP contribution >= 0.6 is 0 Å². The summed E-state index contributed by atoms with van der Waals surface area (Å²) in [6, 6.07) is 0. The molecule has 0 N–H and O–H groups in total. The van der Waals surface area contributed by atoms with Crippen molar-refractivity contribution >= 4 is 0 Å². The molecule has 21 heavy (non-hydrogen) atoms. The van der Waals surface area contributed by atoms with E-state index in [1.165, 1.54) is 0 Å². The van der Waals surface area contributed by atoms with Crippen LogP contribution in [0.4, 0.5) is 57.2 Å². The van der Waals surface area contributed by atoms with E-state index in [1.54, 1.807) is 0 Å². The maximum absolute atomic E-state index is 12.7. The van der Waals surface area contributed by atoms with Gasteiger partial charge in [-0.3, -0.25) is 0 Å². The van der Waals surface area contributed by atoms with Crippen LogP contribution in [0, 0.1) is 0 Å². The smallest absolute Gasteiger partial charge is 0.203 e. The first-order valence-electron chi connectivity index (χ1n) is 4.41. The number of hydrogen-bond acceptors (Lipinski definition) is 1. The van der Waals surface area contributed by atoms with Crippen molar-refractivity contribution in [2.45, 2.75) is 36.0 Å². The minimum atomic E-state index is -7.65. The first-order chi connectivity index (χ1) is 9.00. The van der Waals surface area contributed by atoms with E-state index in [9.17, 15) is 57.2 Å².